The van der Waals surface area contributed by atoms with Gasteiger partial charge in [-0.3, -0.25) is 9.59 Å². The molecular formula is C23H19BrF4N2O5. The van der Waals surface area contributed by atoms with E-state index >= 15 is 0 Å². The van der Waals surface area contributed by atoms with Gasteiger partial charge in [0.2, 0.25) is 11.5 Å². The van der Waals surface area contributed by atoms with Gasteiger partial charge in [-0.2, -0.15) is 13.2 Å². The van der Waals surface area contributed by atoms with Gasteiger partial charge in [0.15, 0.2) is 0 Å². The molecule has 12 heteroatoms. The Hall–Kier alpha value is -2.99. The number of benzene rings is 2. The summed E-state index contributed by atoms with van der Waals surface area (Å²) in [6.07, 6.45) is -7.41. The molecule has 1 aliphatic heterocycles. The van der Waals surface area contributed by atoms with Crippen molar-refractivity contribution in [3.05, 3.63) is 69.4 Å². The summed E-state index contributed by atoms with van der Waals surface area (Å²) in [5.74, 6) is -2.70. The molecule has 0 aromatic heterocycles. The fourth-order valence-corrected chi connectivity index (χ4v) is 4.66. The molecule has 1 fully saturated rings. The summed E-state index contributed by atoms with van der Waals surface area (Å²) in [5, 5.41) is 10.4. The Kier molecular flexibility index (Phi) is 6.39. The molecule has 0 bridgehead atoms. The van der Waals surface area contributed by atoms with E-state index in [0.29, 0.717) is 19.8 Å². The first-order chi connectivity index (χ1) is 16.3. The van der Waals surface area contributed by atoms with E-state index in [9.17, 15) is 37.1 Å². The van der Waals surface area contributed by atoms with Gasteiger partial charge in [0.1, 0.15) is 18.4 Å². The topological polar surface area (TPSA) is 87.2 Å². The lowest BCUT2D eigenvalue weighted by molar-refractivity contribution is -0.187. The zero-order valence-electron chi connectivity index (χ0n) is 18.2. The van der Waals surface area contributed by atoms with Crippen molar-refractivity contribution in [1.29, 1.82) is 0 Å². The molecule has 1 heterocycles. The highest BCUT2D eigenvalue weighted by Gasteiger charge is 2.61. The predicted octanol–water partition coefficient (Wildman–Crippen LogP) is 4.18. The van der Waals surface area contributed by atoms with Crippen LogP contribution in [0.4, 0.5) is 22.4 Å². The zero-order chi connectivity index (χ0) is 25.7. The molecule has 2 aromatic rings. The standard InChI is InChI=1S/C23H19BrF4N2O5/c1-12(23(26,27)28)29(10-13-2-5-15(25)6-3-13)19(32)11-30-20(33)22(35-21(30)34)9-18(31)16-8-14(24)4-7-17(16)22/h2-8,12,18,31H,9-11H2,1H3/t12-,18+,22+/m0/s1. The number of hydrogen-bond acceptors (Lipinski definition) is 5. The third-order valence-corrected chi connectivity index (χ3v) is 6.68. The summed E-state index contributed by atoms with van der Waals surface area (Å²) in [6, 6.07) is 6.95. The van der Waals surface area contributed by atoms with Gasteiger partial charge >= 0.3 is 12.3 Å². The minimum Gasteiger partial charge on any atom is -0.427 e. The number of amides is 3. The normalized spacial score (nSPS) is 22.4. The molecule has 3 atom stereocenters. The number of hydrogen-bond donors (Lipinski definition) is 1. The van der Waals surface area contributed by atoms with Gasteiger partial charge in [-0.1, -0.05) is 34.1 Å². The van der Waals surface area contributed by atoms with E-state index in [4.69, 9.17) is 4.74 Å². The van der Waals surface area contributed by atoms with Gasteiger partial charge in [0.25, 0.3) is 5.91 Å². The quantitative estimate of drug-likeness (QED) is 0.556. The highest BCUT2D eigenvalue weighted by atomic mass is 79.9. The maximum Gasteiger partial charge on any atom is 0.418 e. The first-order valence-electron chi connectivity index (χ1n) is 10.5. The molecule has 3 amide bonds. The van der Waals surface area contributed by atoms with Crippen molar-refractivity contribution in [3.63, 3.8) is 0 Å². The molecule has 2 aliphatic rings. The van der Waals surface area contributed by atoms with Crippen LogP contribution in [-0.2, 0) is 26.5 Å². The number of aliphatic hydroxyl groups is 1. The fraction of sp³-hybridized carbons (Fsp3) is 0.348. The molecule has 2 aromatic carbocycles. The van der Waals surface area contributed by atoms with Gasteiger partial charge in [0.05, 0.1) is 6.10 Å². The van der Waals surface area contributed by atoms with Crippen molar-refractivity contribution in [3.8, 4) is 0 Å². The van der Waals surface area contributed by atoms with Gasteiger partial charge < -0.3 is 14.7 Å². The molecule has 35 heavy (non-hydrogen) atoms. The number of fused-ring (bicyclic) bond motifs is 2. The van der Waals surface area contributed by atoms with Crippen LogP contribution in [0.1, 0.15) is 36.1 Å². The first-order valence-corrected chi connectivity index (χ1v) is 11.3. The van der Waals surface area contributed by atoms with Crippen molar-refractivity contribution in [2.24, 2.45) is 0 Å². The average Bonchev–Trinajstić information content (AvgIpc) is 3.19. The summed E-state index contributed by atoms with van der Waals surface area (Å²) in [6.45, 7) is -0.755. The third-order valence-electron chi connectivity index (χ3n) is 6.18. The Labute approximate surface area is 205 Å². The first kappa shape index (κ1) is 25.1. The van der Waals surface area contributed by atoms with E-state index in [-0.39, 0.29) is 17.5 Å². The van der Waals surface area contributed by atoms with Crippen LogP contribution in [0.15, 0.2) is 46.9 Å². The molecule has 0 saturated carbocycles. The third kappa shape index (κ3) is 4.52. The smallest absolute Gasteiger partial charge is 0.418 e. The Morgan fingerprint density at radius 1 is 1.26 bits per heavy atom. The Morgan fingerprint density at radius 3 is 2.54 bits per heavy atom. The van der Waals surface area contributed by atoms with Crippen LogP contribution >= 0.6 is 15.9 Å². The monoisotopic (exact) mass is 558 g/mol. The molecule has 0 unspecified atom stereocenters. The average molecular weight is 559 g/mol. The van der Waals surface area contributed by atoms with E-state index in [2.05, 4.69) is 15.9 Å². The summed E-state index contributed by atoms with van der Waals surface area (Å²) in [5.41, 5.74) is -1.05. The summed E-state index contributed by atoms with van der Waals surface area (Å²) in [7, 11) is 0. The number of ether oxygens (including phenoxy) is 1. The molecule has 1 spiro atoms. The molecule has 7 nitrogen and oxygen atoms in total. The lowest BCUT2D eigenvalue weighted by Crippen LogP contribution is -2.51. The van der Waals surface area contributed by atoms with Gasteiger partial charge in [-0.25, -0.2) is 14.1 Å². The number of rotatable bonds is 5. The van der Waals surface area contributed by atoms with Crippen LogP contribution in [0.5, 0.6) is 0 Å². The Morgan fingerprint density at radius 2 is 1.91 bits per heavy atom. The highest BCUT2D eigenvalue weighted by Crippen LogP contribution is 2.50. The van der Waals surface area contributed by atoms with Crippen molar-refractivity contribution in [2.45, 2.75) is 43.8 Å². The van der Waals surface area contributed by atoms with Crippen LogP contribution in [0.3, 0.4) is 0 Å². The minimum atomic E-state index is -4.80. The second kappa shape index (κ2) is 8.90. The predicted molar refractivity (Wildman–Crippen MR) is 116 cm³/mol. The van der Waals surface area contributed by atoms with Gasteiger partial charge in [-0.05, 0) is 42.3 Å². The van der Waals surface area contributed by atoms with E-state index in [1.807, 2.05) is 0 Å². The number of alkyl halides is 3. The molecule has 1 N–H and O–H groups in total. The van der Waals surface area contributed by atoms with Crippen molar-refractivity contribution in [1.82, 2.24) is 9.80 Å². The SMILES string of the molecule is C[C@H](N(Cc1ccc(F)cc1)C(=O)CN1C(=O)O[C@@]2(C[C@@H](O)c3cc(Br)ccc32)C1=O)C(F)(F)F. The molecule has 0 radical (unpaired) electrons. The summed E-state index contributed by atoms with van der Waals surface area (Å²) >= 11 is 3.26. The summed E-state index contributed by atoms with van der Waals surface area (Å²) in [4.78, 5) is 39.8. The van der Waals surface area contributed by atoms with E-state index in [1.165, 1.54) is 18.2 Å². The Bertz CT molecular complexity index is 1190. The number of halogens is 5. The number of carbonyl (C=O) groups is 3. The van der Waals surface area contributed by atoms with E-state index in [1.54, 1.807) is 12.1 Å². The molecule has 4 rings (SSSR count). The fourth-order valence-electron chi connectivity index (χ4n) is 4.28. The van der Waals surface area contributed by atoms with Gasteiger partial charge in [-0.15, -0.1) is 0 Å². The van der Waals surface area contributed by atoms with Gasteiger partial charge in [0, 0.05) is 23.0 Å². The van der Waals surface area contributed by atoms with Crippen molar-refractivity contribution in [2.75, 3.05) is 6.54 Å². The molecule has 186 valence electrons. The summed E-state index contributed by atoms with van der Waals surface area (Å²) < 4.78 is 59.7. The lowest BCUT2D eigenvalue weighted by Gasteiger charge is -2.31. The number of aliphatic hydroxyl groups excluding tert-OH is 1. The van der Waals surface area contributed by atoms with E-state index in [0.717, 1.165) is 19.1 Å². The zero-order valence-corrected chi connectivity index (χ0v) is 19.8. The second-order valence-electron chi connectivity index (χ2n) is 8.40. The number of carbonyl (C=O) groups excluding carboxylic acids is 3. The highest BCUT2D eigenvalue weighted by molar-refractivity contribution is 9.10. The van der Waals surface area contributed by atoms with Crippen LogP contribution in [0.25, 0.3) is 0 Å². The largest absolute Gasteiger partial charge is 0.427 e. The maximum atomic E-state index is 13.5. The molecule has 1 aliphatic carbocycles. The maximum absolute atomic E-state index is 13.5. The van der Waals surface area contributed by atoms with E-state index < -0.39 is 60.7 Å². The van der Waals surface area contributed by atoms with Crippen molar-refractivity contribution < 1.29 is 41.8 Å². The molecular weight excluding hydrogens is 540 g/mol. The minimum absolute atomic E-state index is 0.223. The van der Waals surface area contributed by atoms with Crippen LogP contribution in [0.2, 0.25) is 0 Å². The van der Waals surface area contributed by atoms with Crippen LogP contribution < -0.4 is 0 Å². The van der Waals surface area contributed by atoms with Crippen LogP contribution in [-0.4, -0.2) is 51.6 Å². The van der Waals surface area contributed by atoms with Crippen LogP contribution in [0, 0.1) is 5.82 Å². The second-order valence-corrected chi connectivity index (χ2v) is 9.32. The molecule has 1 saturated heterocycles. The number of nitrogens with zero attached hydrogens (tertiary/aromatic N) is 2. The Balaban J connectivity index is 1.60. The lowest BCUT2D eigenvalue weighted by atomic mass is 9.95. The number of imide groups is 1. The van der Waals surface area contributed by atoms with Crippen molar-refractivity contribution >= 4 is 33.8 Å².